The zero-order valence-electron chi connectivity index (χ0n) is 7.39. The zero-order valence-corrected chi connectivity index (χ0v) is 8.20. The van der Waals surface area contributed by atoms with Gasteiger partial charge in [-0.1, -0.05) is 0 Å². The lowest BCUT2D eigenvalue weighted by Gasteiger charge is -2.09. The van der Waals surface area contributed by atoms with Crippen LogP contribution in [0.3, 0.4) is 0 Å². The fraction of sp³-hybridized carbons (Fsp3) is 1.00. The van der Waals surface area contributed by atoms with Crippen LogP contribution in [0.2, 0.25) is 0 Å². The van der Waals surface area contributed by atoms with Crippen molar-refractivity contribution in [1.82, 2.24) is 0 Å². The summed E-state index contributed by atoms with van der Waals surface area (Å²) in [5.41, 5.74) is 0. The Bertz CT molecular complexity index is 251. The normalized spacial score (nSPS) is 28.9. The van der Waals surface area contributed by atoms with Crippen LogP contribution in [0, 0.1) is 0 Å². The Balaban J connectivity index is 2.25. The Kier molecular flexibility index (Phi) is 3.66. The van der Waals surface area contributed by atoms with Crippen molar-refractivity contribution in [3.63, 3.8) is 0 Å². The highest BCUT2D eigenvalue weighted by Crippen LogP contribution is 2.07. The Labute approximate surface area is 77.7 Å². The summed E-state index contributed by atoms with van der Waals surface area (Å²) < 4.78 is 22.0. The summed E-state index contributed by atoms with van der Waals surface area (Å²) >= 11 is 0. The van der Waals surface area contributed by atoms with Gasteiger partial charge in [-0.2, -0.15) is 0 Å². The fourth-order valence-corrected chi connectivity index (χ4v) is 3.22. The van der Waals surface area contributed by atoms with Gasteiger partial charge in [0.1, 0.15) is 24.4 Å². The number of nitrogens with two attached hydrogens (primary N) is 1. The summed E-state index contributed by atoms with van der Waals surface area (Å²) in [6, 6.07) is 0.0613. The summed E-state index contributed by atoms with van der Waals surface area (Å²) in [7, 11) is -2.83. The van der Waals surface area contributed by atoms with Gasteiger partial charge in [0.15, 0.2) is 9.84 Å². The van der Waals surface area contributed by atoms with Crippen molar-refractivity contribution in [1.29, 1.82) is 0 Å². The van der Waals surface area contributed by atoms with Crippen LogP contribution in [-0.4, -0.2) is 55.4 Å². The minimum atomic E-state index is -2.83. The molecule has 1 aliphatic heterocycles. The van der Waals surface area contributed by atoms with Gasteiger partial charge in [-0.25, -0.2) is 8.42 Å². The van der Waals surface area contributed by atoms with Crippen LogP contribution in [0.4, 0.5) is 0 Å². The second-order valence-corrected chi connectivity index (χ2v) is 5.70. The highest BCUT2D eigenvalue weighted by molar-refractivity contribution is 7.91. The minimum Gasteiger partial charge on any atom is -0.393 e. The quantitative estimate of drug-likeness (QED) is 0.464. The molecule has 0 amide bonds. The lowest BCUT2D eigenvalue weighted by atomic mass is 10.2. The number of quaternary nitrogens is 1. The highest BCUT2D eigenvalue weighted by atomic mass is 32.2. The average molecular weight is 210 g/mol. The molecule has 5 nitrogen and oxygen atoms in total. The van der Waals surface area contributed by atoms with Gasteiger partial charge in [-0.15, -0.1) is 0 Å². The molecule has 1 saturated heterocycles. The van der Waals surface area contributed by atoms with Gasteiger partial charge in [0.05, 0.1) is 12.4 Å². The van der Waals surface area contributed by atoms with E-state index in [0.717, 1.165) is 0 Å². The third-order valence-electron chi connectivity index (χ3n) is 2.22. The van der Waals surface area contributed by atoms with E-state index in [1.807, 2.05) is 0 Å². The minimum absolute atomic E-state index is 0.0613. The molecule has 1 rings (SSSR count). The van der Waals surface area contributed by atoms with Crippen molar-refractivity contribution in [2.75, 3.05) is 24.7 Å². The molecular weight excluding hydrogens is 194 g/mol. The van der Waals surface area contributed by atoms with Crippen LogP contribution in [0.25, 0.3) is 0 Å². The summed E-state index contributed by atoms with van der Waals surface area (Å²) in [5.74, 6) is 0.453. The molecule has 0 saturated carbocycles. The second-order valence-electron chi connectivity index (χ2n) is 3.47. The van der Waals surface area contributed by atoms with Crippen molar-refractivity contribution in [2.45, 2.75) is 18.6 Å². The summed E-state index contributed by atoms with van der Waals surface area (Å²) in [6.07, 6.45) is -0.0937. The van der Waals surface area contributed by atoms with Gasteiger partial charge in [-0.05, 0) is 0 Å². The summed E-state index contributed by atoms with van der Waals surface area (Å²) in [5, 5.41) is 19.3. The van der Waals surface area contributed by atoms with Crippen molar-refractivity contribution < 1.29 is 23.9 Å². The molecule has 2 atom stereocenters. The largest absolute Gasteiger partial charge is 0.393 e. The van der Waals surface area contributed by atoms with Gasteiger partial charge in [0.25, 0.3) is 0 Å². The van der Waals surface area contributed by atoms with E-state index >= 15 is 0 Å². The van der Waals surface area contributed by atoms with Crippen LogP contribution in [0.15, 0.2) is 0 Å². The number of rotatable bonds is 4. The van der Waals surface area contributed by atoms with E-state index in [2.05, 4.69) is 0 Å². The van der Waals surface area contributed by atoms with E-state index < -0.39 is 15.9 Å². The van der Waals surface area contributed by atoms with E-state index in [1.54, 1.807) is 5.32 Å². The summed E-state index contributed by atoms with van der Waals surface area (Å²) in [4.78, 5) is 0. The van der Waals surface area contributed by atoms with E-state index in [4.69, 9.17) is 10.2 Å². The van der Waals surface area contributed by atoms with Gasteiger partial charge >= 0.3 is 0 Å². The molecule has 1 fully saturated rings. The lowest BCUT2D eigenvalue weighted by molar-refractivity contribution is -0.690. The Hall–Kier alpha value is -0.170. The average Bonchev–Trinajstić information content (AvgIpc) is 2.41. The first-order valence-corrected chi connectivity index (χ1v) is 6.18. The molecule has 0 spiro atoms. The highest BCUT2D eigenvalue weighted by Gasteiger charge is 2.30. The third kappa shape index (κ3) is 3.60. The molecule has 0 aromatic rings. The van der Waals surface area contributed by atoms with Gasteiger partial charge < -0.3 is 15.5 Å². The van der Waals surface area contributed by atoms with Gasteiger partial charge in [0, 0.05) is 6.42 Å². The smallest absolute Gasteiger partial charge is 0.156 e. The fourth-order valence-electron chi connectivity index (χ4n) is 1.43. The van der Waals surface area contributed by atoms with E-state index in [1.165, 1.54) is 0 Å². The molecule has 78 valence electrons. The van der Waals surface area contributed by atoms with Crippen LogP contribution in [0.1, 0.15) is 6.42 Å². The maximum Gasteiger partial charge on any atom is 0.156 e. The predicted molar refractivity (Wildman–Crippen MR) is 46.9 cm³/mol. The van der Waals surface area contributed by atoms with Crippen molar-refractivity contribution >= 4 is 9.84 Å². The first-order chi connectivity index (χ1) is 6.03. The molecular formula is C7H16NO4S+. The van der Waals surface area contributed by atoms with E-state index in [0.29, 0.717) is 13.0 Å². The van der Waals surface area contributed by atoms with Crippen molar-refractivity contribution in [3.8, 4) is 0 Å². The number of hydrogen-bond acceptors (Lipinski definition) is 4. The number of hydrogen-bond donors (Lipinski definition) is 3. The third-order valence-corrected chi connectivity index (χ3v) is 4.01. The number of sulfone groups is 1. The number of aliphatic hydroxyl groups excluding tert-OH is 2. The van der Waals surface area contributed by atoms with Crippen molar-refractivity contribution in [3.05, 3.63) is 0 Å². The summed E-state index contributed by atoms with van der Waals surface area (Å²) in [6.45, 7) is 0.104. The first kappa shape index (κ1) is 10.9. The Morgan fingerprint density at radius 2 is 2.23 bits per heavy atom. The molecule has 6 heteroatoms. The second kappa shape index (κ2) is 4.36. The standard InChI is InChI=1S/C7H15NO4S/c9-4-7(10)3-8-6-1-2-13(11,12)5-6/h6-10H,1-5H2/p+1/t6-,7-/m1/s1. The van der Waals surface area contributed by atoms with Gasteiger partial charge in [-0.3, -0.25) is 0 Å². The molecule has 0 unspecified atom stereocenters. The van der Waals surface area contributed by atoms with Gasteiger partial charge in [0.2, 0.25) is 0 Å². The number of aliphatic hydroxyl groups is 2. The molecule has 0 aromatic carbocycles. The molecule has 0 bridgehead atoms. The molecule has 0 radical (unpaired) electrons. The van der Waals surface area contributed by atoms with E-state index in [-0.39, 0.29) is 24.2 Å². The molecule has 0 aliphatic carbocycles. The Morgan fingerprint density at radius 3 is 2.69 bits per heavy atom. The zero-order chi connectivity index (χ0) is 9.90. The SMILES string of the molecule is O=S1(=O)CC[C@@H]([NH2+]C[C@@H](O)CO)C1. The Morgan fingerprint density at radius 1 is 1.54 bits per heavy atom. The first-order valence-electron chi connectivity index (χ1n) is 4.36. The van der Waals surface area contributed by atoms with Crippen LogP contribution in [-0.2, 0) is 9.84 Å². The molecule has 0 aromatic heterocycles. The lowest BCUT2D eigenvalue weighted by Crippen LogP contribution is -2.92. The van der Waals surface area contributed by atoms with Crippen LogP contribution < -0.4 is 5.32 Å². The van der Waals surface area contributed by atoms with E-state index in [9.17, 15) is 8.42 Å². The van der Waals surface area contributed by atoms with Crippen LogP contribution >= 0.6 is 0 Å². The molecule has 4 N–H and O–H groups in total. The van der Waals surface area contributed by atoms with Crippen LogP contribution in [0.5, 0.6) is 0 Å². The predicted octanol–water partition coefficient (Wildman–Crippen LogP) is -2.91. The topological polar surface area (TPSA) is 91.2 Å². The molecule has 1 aliphatic rings. The maximum atomic E-state index is 11.0. The monoisotopic (exact) mass is 210 g/mol. The van der Waals surface area contributed by atoms with Crippen molar-refractivity contribution in [2.24, 2.45) is 0 Å². The molecule has 13 heavy (non-hydrogen) atoms. The maximum absolute atomic E-state index is 11.0. The molecule has 1 heterocycles.